The Morgan fingerprint density at radius 2 is 1.76 bits per heavy atom. The smallest absolute Gasteiger partial charge is 0.336 e. The molecular formula is C22H25ClF5N3O2S. The Kier molecular flexibility index (Phi) is 8.19. The molecule has 12 heteroatoms. The topological polar surface area (TPSA) is 56.4 Å². The van der Waals surface area contributed by atoms with Gasteiger partial charge >= 0.3 is 12.1 Å². The number of hydrogen-bond acceptors (Lipinski definition) is 4. The van der Waals surface area contributed by atoms with E-state index in [4.69, 9.17) is 0 Å². The zero-order valence-electron chi connectivity index (χ0n) is 18.2. The van der Waals surface area contributed by atoms with Gasteiger partial charge in [-0.15, -0.1) is 12.4 Å². The van der Waals surface area contributed by atoms with Crippen LogP contribution in [0.5, 0.6) is 0 Å². The van der Waals surface area contributed by atoms with E-state index in [1.807, 2.05) is 6.07 Å². The summed E-state index contributed by atoms with van der Waals surface area (Å²) in [6.07, 6.45) is -6.27. The molecule has 34 heavy (non-hydrogen) atoms. The van der Waals surface area contributed by atoms with Crippen molar-refractivity contribution in [2.75, 3.05) is 38.5 Å². The first kappa shape index (κ1) is 26.7. The van der Waals surface area contributed by atoms with Crippen LogP contribution in [0.2, 0.25) is 0 Å². The second-order valence-electron chi connectivity index (χ2n) is 8.41. The quantitative estimate of drug-likeness (QED) is 0.585. The Labute approximate surface area is 203 Å². The highest BCUT2D eigenvalue weighted by molar-refractivity contribution is 7.98. The summed E-state index contributed by atoms with van der Waals surface area (Å²) >= 11 is 1.70. The van der Waals surface area contributed by atoms with Crippen molar-refractivity contribution in [2.45, 2.75) is 37.1 Å². The van der Waals surface area contributed by atoms with Gasteiger partial charge in [0.15, 0.2) is 0 Å². The van der Waals surface area contributed by atoms with Gasteiger partial charge in [-0.2, -0.15) is 33.7 Å². The predicted molar refractivity (Wildman–Crippen MR) is 124 cm³/mol. The first-order valence-corrected chi connectivity index (χ1v) is 11.9. The van der Waals surface area contributed by atoms with Crippen LogP contribution >= 0.6 is 24.2 Å². The molecule has 0 unspecified atom stereocenters. The third-order valence-corrected chi connectivity index (χ3v) is 7.25. The van der Waals surface area contributed by atoms with E-state index in [1.54, 1.807) is 33.7 Å². The summed E-state index contributed by atoms with van der Waals surface area (Å²) in [4.78, 5) is 31.7. The summed E-state index contributed by atoms with van der Waals surface area (Å²) in [5, 5.41) is 0.875. The molecule has 0 radical (unpaired) electrons. The summed E-state index contributed by atoms with van der Waals surface area (Å²) < 4.78 is 63.0. The number of rotatable bonds is 5. The van der Waals surface area contributed by atoms with Gasteiger partial charge in [0.25, 0.3) is 11.5 Å². The van der Waals surface area contributed by atoms with E-state index < -0.39 is 18.5 Å². The maximum absolute atomic E-state index is 13.1. The van der Waals surface area contributed by atoms with E-state index in [0.29, 0.717) is 43.0 Å². The number of carbonyl (C=O) groups is 1. The standard InChI is InChI=1S/C22H24F5N3O2S.ClH/c23-21(24,22(25,26)27)5-1-6-29-7-9-30(10-8-29)20(32)14-2-3-18-16(12-14)15-4-11-33-13-17(15)19(31)28-18;/h2-3,12H,1,4-11,13H2,(H,28,31);1H. The molecule has 2 aliphatic heterocycles. The number of fused-ring (bicyclic) bond motifs is 3. The second-order valence-corrected chi connectivity index (χ2v) is 9.52. The number of nitrogens with one attached hydrogen (secondary N) is 1. The number of pyridine rings is 1. The fourth-order valence-corrected chi connectivity index (χ4v) is 5.35. The summed E-state index contributed by atoms with van der Waals surface area (Å²) in [6.45, 7) is 1.69. The molecule has 0 aliphatic carbocycles. The summed E-state index contributed by atoms with van der Waals surface area (Å²) in [5.41, 5.74) is 2.86. The number of piperazine rings is 1. The van der Waals surface area contributed by atoms with Gasteiger partial charge in [0, 0.05) is 60.4 Å². The molecule has 1 amide bonds. The maximum atomic E-state index is 13.1. The number of hydrogen-bond donors (Lipinski definition) is 1. The highest BCUT2D eigenvalue weighted by Crippen LogP contribution is 2.38. The normalized spacial score (nSPS) is 17.4. The molecule has 3 heterocycles. The van der Waals surface area contributed by atoms with Crippen LogP contribution in [-0.2, 0) is 12.2 Å². The number of aromatic nitrogens is 1. The van der Waals surface area contributed by atoms with Crippen molar-refractivity contribution >= 4 is 41.0 Å². The molecule has 2 aliphatic rings. The van der Waals surface area contributed by atoms with Gasteiger partial charge in [-0.05, 0) is 48.9 Å². The number of alkyl halides is 5. The first-order chi connectivity index (χ1) is 15.6. The zero-order chi connectivity index (χ0) is 23.8. The largest absolute Gasteiger partial charge is 0.453 e. The number of nitrogens with zero attached hydrogens (tertiary/aromatic N) is 2. The van der Waals surface area contributed by atoms with Gasteiger partial charge in [0.05, 0.1) is 0 Å². The van der Waals surface area contributed by atoms with Gasteiger partial charge < -0.3 is 9.88 Å². The molecule has 1 saturated heterocycles. The maximum Gasteiger partial charge on any atom is 0.453 e. The average Bonchev–Trinajstić information content (AvgIpc) is 2.78. The number of aryl methyl sites for hydroxylation is 1. The summed E-state index contributed by atoms with van der Waals surface area (Å²) in [6, 6.07) is 5.23. The Balaban J connectivity index is 0.00000324. The number of aromatic amines is 1. The molecule has 1 fully saturated rings. The minimum absolute atomic E-state index is 0. The van der Waals surface area contributed by atoms with Crippen molar-refractivity contribution in [3.05, 3.63) is 45.2 Å². The van der Waals surface area contributed by atoms with Crippen molar-refractivity contribution in [3.8, 4) is 0 Å². The van der Waals surface area contributed by atoms with E-state index >= 15 is 0 Å². The van der Waals surface area contributed by atoms with E-state index in [1.165, 1.54) is 0 Å². The molecule has 188 valence electrons. The Bertz CT molecular complexity index is 1100. The average molecular weight is 526 g/mol. The van der Waals surface area contributed by atoms with Crippen molar-refractivity contribution < 1.29 is 26.7 Å². The molecule has 0 saturated carbocycles. The van der Waals surface area contributed by atoms with E-state index in [9.17, 15) is 31.5 Å². The number of H-pyrrole nitrogens is 1. The highest BCUT2D eigenvalue weighted by atomic mass is 35.5. The van der Waals surface area contributed by atoms with Gasteiger partial charge in [-0.25, -0.2) is 0 Å². The molecule has 0 atom stereocenters. The van der Waals surface area contributed by atoms with Gasteiger partial charge in [-0.3, -0.25) is 14.5 Å². The highest BCUT2D eigenvalue weighted by Gasteiger charge is 2.56. The van der Waals surface area contributed by atoms with Crippen molar-refractivity contribution in [2.24, 2.45) is 0 Å². The first-order valence-electron chi connectivity index (χ1n) is 10.8. The van der Waals surface area contributed by atoms with Crippen LogP contribution < -0.4 is 5.56 Å². The lowest BCUT2D eigenvalue weighted by Gasteiger charge is -2.35. The number of amides is 1. The summed E-state index contributed by atoms with van der Waals surface area (Å²) in [7, 11) is 0. The van der Waals surface area contributed by atoms with Crippen LogP contribution in [0.1, 0.15) is 34.3 Å². The summed E-state index contributed by atoms with van der Waals surface area (Å²) in [5.74, 6) is -3.27. The minimum atomic E-state index is -5.52. The molecule has 5 nitrogen and oxygen atoms in total. The molecule has 2 aromatic rings. The molecule has 1 aromatic carbocycles. The van der Waals surface area contributed by atoms with E-state index in [2.05, 4.69) is 4.98 Å². The molecule has 1 N–H and O–H groups in total. The lowest BCUT2D eigenvalue weighted by atomic mass is 9.99. The fourth-order valence-electron chi connectivity index (χ4n) is 4.34. The van der Waals surface area contributed by atoms with Crippen LogP contribution in [-0.4, -0.2) is 71.3 Å². The lowest BCUT2D eigenvalue weighted by molar-refractivity contribution is -0.284. The van der Waals surface area contributed by atoms with Crippen molar-refractivity contribution in [1.29, 1.82) is 0 Å². The van der Waals surface area contributed by atoms with E-state index in [-0.39, 0.29) is 36.8 Å². The van der Waals surface area contributed by atoms with Gasteiger partial charge in [0.2, 0.25) is 0 Å². The number of thioether (sulfide) groups is 1. The molecular weight excluding hydrogens is 501 g/mol. The number of halogens is 6. The number of benzene rings is 1. The molecule has 1 aromatic heterocycles. The van der Waals surface area contributed by atoms with E-state index in [0.717, 1.165) is 28.7 Å². The third kappa shape index (κ3) is 5.52. The van der Waals surface area contributed by atoms with Gasteiger partial charge in [0.1, 0.15) is 0 Å². The van der Waals surface area contributed by atoms with Crippen molar-refractivity contribution in [1.82, 2.24) is 14.8 Å². The van der Waals surface area contributed by atoms with Crippen LogP contribution in [0.15, 0.2) is 23.0 Å². The Morgan fingerprint density at radius 3 is 2.44 bits per heavy atom. The molecule has 0 spiro atoms. The Hall–Kier alpha value is -1.85. The molecule has 4 rings (SSSR count). The third-order valence-electron chi connectivity index (χ3n) is 6.26. The van der Waals surface area contributed by atoms with Crippen LogP contribution in [0.25, 0.3) is 10.9 Å². The minimum Gasteiger partial charge on any atom is -0.336 e. The van der Waals surface area contributed by atoms with Crippen LogP contribution in [0.3, 0.4) is 0 Å². The predicted octanol–water partition coefficient (Wildman–Crippen LogP) is 4.47. The SMILES string of the molecule is Cl.O=C(c1ccc2[nH]c(=O)c3c(c2c1)CCSC3)N1CCN(CCCC(F)(F)C(F)(F)F)CC1. The van der Waals surface area contributed by atoms with Crippen LogP contribution in [0, 0.1) is 0 Å². The second kappa shape index (κ2) is 10.4. The number of carbonyl (C=O) groups excluding carboxylic acids is 1. The monoisotopic (exact) mass is 525 g/mol. The van der Waals surface area contributed by atoms with Gasteiger partial charge in [-0.1, -0.05) is 0 Å². The van der Waals surface area contributed by atoms with Crippen molar-refractivity contribution in [3.63, 3.8) is 0 Å². The zero-order valence-corrected chi connectivity index (χ0v) is 19.9. The lowest BCUT2D eigenvalue weighted by Crippen LogP contribution is -2.49. The fraction of sp³-hybridized carbons (Fsp3) is 0.545. The van der Waals surface area contributed by atoms with Crippen LogP contribution in [0.4, 0.5) is 22.0 Å². The molecule has 0 bridgehead atoms. The Morgan fingerprint density at radius 1 is 1.06 bits per heavy atom.